The Morgan fingerprint density at radius 3 is 2.28 bits per heavy atom. The summed E-state index contributed by atoms with van der Waals surface area (Å²) in [6.07, 6.45) is -2.71. The van der Waals surface area contributed by atoms with Gasteiger partial charge in [-0.3, -0.25) is 4.79 Å². The smallest absolute Gasteiger partial charge is 0.372 e. The largest absolute Gasteiger partial charge is 0.411 e. The number of ether oxygens (including phenoxy) is 1. The molecule has 1 aromatic carbocycles. The maximum atomic E-state index is 12.1. The molecule has 1 aliphatic rings. The number of carbonyl (C=O) groups is 2. The third-order valence-corrected chi connectivity index (χ3v) is 3.58. The first-order chi connectivity index (χ1) is 11.8. The van der Waals surface area contributed by atoms with Crippen molar-refractivity contribution in [3.05, 3.63) is 24.3 Å². The van der Waals surface area contributed by atoms with Crippen LogP contribution in [0.4, 0.5) is 29.3 Å². The Morgan fingerprint density at radius 2 is 1.68 bits per heavy atom. The second-order valence-corrected chi connectivity index (χ2v) is 5.64. The first kappa shape index (κ1) is 19.0. The van der Waals surface area contributed by atoms with Crippen LogP contribution >= 0.6 is 0 Å². The molecule has 1 fully saturated rings. The van der Waals surface area contributed by atoms with Crippen LogP contribution < -0.4 is 10.6 Å². The van der Waals surface area contributed by atoms with Crippen LogP contribution in [0, 0.1) is 0 Å². The zero-order valence-corrected chi connectivity index (χ0v) is 13.6. The predicted molar refractivity (Wildman–Crippen MR) is 86.4 cm³/mol. The molecule has 1 saturated heterocycles. The fourth-order valence-electron chi connectivity index (χ4n) is 2.38. The Kier molecular flexibility index (Phi) is 6.63. The van der Waals surface area contributed by atoms with Crippen molar-refractivity contribution in [3.8, 4) is 0 Å². The molecular weight excluding hydrogens is 339 g/mol. The van der Waals surface area contributed by atoms with Crippen LogP contribution in [0.3, 0.4) is 0 Å². The topological polar surface area (TPSA) is 70.7 Å². The highest BCUT2D eigenvalue weighted by Gasteiger charge is 2.27. The summed E-state index contributed by atoms with van der Waals surface area (Å²) in [4.78, 5) is 25.7. The van der Waals surface area contributed by atoms with Gasteiger partial charge >= 0.3 is 12.2 Å². The molecule has 0 saturated carbocycles. The lowest BCUT2D eigenvalue weighted by Crippen LogP contribution is -2.32. The lowest BCUT2D eigenvalue weighted by atomic mass is 10.2. The highest BCUT2D eigenvalue weighted by molar-refractivity contribution is 5.99. The van der Waals surface area contributed by atoms with Gasteiger partial charge in [-0.2, -0.15) is 13.2 Å². The second kappa shape index (κ2) is 8.70. The number of nitrogens with zero attached hydrogens (tertiary/aromatic N) is 1. The van der Waals surface area contributed by atoms with E-state index in [4.69, 9.17) is 0 Å². The molecule has 0 spiro atoms. The van der Waals surface area contributed by atoms with Crippen LogP contribution in [0.25, 0.3) is 0 Å². The Balaban J connectivity index is 1.84. The number of halogens is 3. The number of hydrogen-bond donors (Lipinski definition) is 2. The van der Waals surface area contributed by atoms with Crippen molar-refractivity contribution in [1.29, 1.82) is 0 Å². The summed E-state index contributed by atoms with van der Waals surface area (Å²) in [6, 6.07) is 6.40. The van der Waals surface area contributed by atoms with E-state index in [1.165, 1.54) is 0 Å². The lowest BCUT2D eigenvalue weighted by molar-refractivity contribution is -0.174. The average Bonchev–Trinajstić information content (AvgIpc) is 3.07. The number of urea groups is 1. The standard InChI is InChI=1S/C16H20F3N3O3/c17-16(18,19)11-25-10-7-14(23)20-12-5-1-2-6-13(12)21-15(24)22-8-3-4-9-22/h1-2,5-6H,3-4,7-11H2,(H,20,23)(H,21,24). The fourth-order valence-corrected chi connectivity index (χ4v) is 2.38. The maximum Gasteiger partial charge on any atom is 0.411 e. The molecule has 0 atom stereocenters. The van der Waals surface area contributed by atoms with Crippen molar-refractivity contribution in [2.45, 2.75) is 25.4 Å². The Bertz CT molecular complexity index is 602. The van der Waals surface area contributed by atoms with Crippen LogP contribution in [0.15, 0.2) is 24.3 Å². The number of benzene rings is 1. The van der Waals surface area contributed by atoms with Gasteiger partial charge in [-0.15, -0.1) is 0 Å². The fraction of sp³-hybridized carbons (Fsp3) is 0.500. The summed E-state index contributed by atoms with van der Waals surface area (Å²) >= 11 is 0. The molecule has 0 unspecified atom stereocenters. The van der Waals surface area contributed by atoms with E-state index in [9.17, 15) is 22.8 Å². The third-order valence-electron chi connectivity index (χ3n) is 3.58. The van der Waals surface area contributed by atoms with Gasteiger partial charge in [0.1, 0.15) is 6.61 Å². The van der Waals surface area contributed by atoms with Crippen molar-refractivity contribution < 1.29 is 27.5 Å². The molecule has 9 heteroatoms. The minimum Gasteiger partial charge on any atom is -0.372 e. The normalized spacial score (nSPS) is 14.4. The van der Waals surface area contributed by atoms with E-state index >= 15 is 0 Å². The van der Waals surface area contributed by atoms with Crippen LogP contribution in [0.1, 0.15) is 19.3 Å². The third kappa shape index (κ3) is 6.61. The van der Waals surface area contributed by atoms with Crippen molar-refractivity contribution in [3.63, 3.8) is 0 Å². The van der Waals surface area contributed by atoms with Gasteiger partial charge in [-0.25, -0.2) is 4.79 Å². The van der Waals surface area contributed by atoms with E-state index in [0.717, 1.165) is 12.8 Å². The molecule has 0 aliphatic carbocycles. The summed E-state index contributed by atoms with van der Waals surface area (Å²) in [5, 5.41) is 5.31. The molecular formula is C16H20F3N3O3. The van der Waals surface area contributed by atoms with Crippen LogP contribution in [0.2, 0.25) is 0 Å². The number of nitrogens with one attached hydrogen (secondary N) is 2. The minimum atomic E-state index is -4.41. The van der Waals surface area contributed by atoms with Gasteiger partial charge in [0, 0.05) is 13.1 Å². The minimum absolute atomic E-state index is 0.218. The number of likely N-dealkylation sites (tertiary alicyclic amines) is 1. The zero-order valence-electron chi connectivity index (χ0n) is 13.6. The Morgan fingerprint density at radius 1 is 1.08 bits per heavy atom. The van der Waals surface area contributed by atoms with E-state index in [2.05, 4.69) is 15.4 Å². The molecule has 1 aliphatic heterocycles. The van der Waals surface area contributed by atoms with E-state index < -0.39 is 18.7 Å². The summed E-state index contributed by atoms with van der Waals surface area (Å²) in [6.45, 7) is -0.343. The average molecular weight is 359 g/mol. The molecule has 1 heterocycles. The SMILES string of the molecule is O=C(CCOCC(F)(F)F)Nc1ccccc1NC(=O)N1CCCC1. The Labute approximate surface area is 143 Å². The monoisotopic (exact) mass is 359 g/mol. The number of carbonyl (C=O) groups excluding carboxylic acids is 2. The molecule has 138 valence electrons. The molecule has 0 aromatic heterocycles. The van der Waals surface area contributed by atoms with E-state index in [1.807, 2.05) is 0 Å². The van der Waals surface area contributed by atoms with Gasteiger partial charge in [0.25, 0.3) is 0 Å². The van der Waals surface area contributed by atoms with Gasteiger partial charge in [-0.1, -0.05) is 12.1 Å². The lowest BCUT2D eigenvalue weighted by Gasteiger charge is -2.18. The molecule has 6 nitrogen and oxygen atoms in total. The molecule has 0 radical (unpaired) electrons. The van der Waals surface area contributed by atoms with Crippen LogP contribution in [0.5, 0.6) is 0 Å². The first-order valence-corrected chi connectivity index (χ1v) is 7.94. The maximum absolute atomic E-state index is 12.1. The molecule has 0 bridgehead atoms. The van der Waals surface area contributed by atoms with Crippen LogP contribution in [-0.2, 0) is 9.53 Å². The summed E-state index contributed by atoms with van der Waals surface area (Å²) in [5.74, 6) is -0.495. The van der Waals surface area contributed by atoms with Gasteiger partial charge in [0.2, 0.25) is 5.91 Å². The number of rotatable bonds is 6. The number of para-hydroxylation sites is 2. The van der Waals surface area contributed by atoms with Crippen molar-refractivity contribution in [2.75, 3.05) is 36.9 Å². The van der Waals surface area contributed by atoms with Gasteiger partial charge < -0.3 is 20.3 Å². The summed E-state index contributed by atoms with van der Waals surface area (Å²) in [5.41, 5.74) is 0.819. The molecule has 3 amide bonds. The number of anilines is 2. The predicted octanol–water partition coefficient (Wildman–Crippen LogP) is 3.22. The van der Waals surface area contributed by atoms with Crippen LogP contribution in [-0.4, -0.2) is 49.3 Å². The molecule has 25 heavy (non-hydrogen) atoms. The van der Waals surface area contributed by atoms with Gasteiger partial charge in [-0.05, 0) is 25.0 Å². The number of hydrogen-bond acceptors (Lipinski definition) is 3. The number of alkyl halides is 3. The molecule has 2 N–H and O–H groups in total. The summed E-state index contributed by atoms with van der Waals surface area (Å²) < 4.78 is 40.3. The van der Waals surface area contributed by atoms with Crippen molar-refractivity contribution >= 4 is 23.3 Å². The van der Waals surface area contributed by atoms with E-state index in [0.29, 0.717) is 24.5 Å². The quantitative estimate of drug-likeness (QED) is 0.766. The van der Waals surface area contributed by atoms with E-state index in [-0.39, 0.29) is 19.1 Å². The molecule has 2 rings (SSSR count). The first-order valence-electron chi connectivity index (χ1n) is 7.94. The van der Waals surface area contributed by atoms with Gasteiger partial charge in [0.15, 0.2) is 0 Å². The van der Waals surface area contributed by atoms with Crippen molar-refractivity contribution in [2.24, 2.45) is 0 Å². The highest BCUT2D eigenvalue weighted by Crippen LogP contribution is 2.22. The zero-order chi connectivity index (χ0) is 18.3. The van der Waals surface area contributed by atoms with Gasteiger partial charge in [0.05, 0.1) is 24.4 Å². The van der Waals surface area contributed by atoms with E-state index in [1.54, 1.807) is 29.2 Å². The Hall–Kier alpha value is -2.29. The molecule has 1 aromatic rings. The van der Waals surface area contributed by atoms with Crippen molar-refractivity contribution in [1.82, 2.24) is 4.90 Å². The second-order valence-electron chi connectivity index (χ2n) is 5.64. The number of amides is 3. The highest BCUT2D eigenvalue weighted by atomic mass is 19.4. The summed E-state index contributed by atoms with van der Waals surface area (Å²) in [7, 11) is 0.